The molecule has 3 rings (SSSR count). The summed E-state index contributed by atoms with van der Waals surface area (Å²) >= 11 is 0. The highest BCUT2D eigenvalue weighted by Gasteiger charge is 2.30. The summed E-state index contributed by atoms with van der Waals surface area (Å²) in [4.78, 5) is 15.1. The molecule has 1 aliphatic rings. The molecule has 9 heteroatoms. The molecule has 2 N–H and O–H groups in total. The Morgan fingerprint density at radius 2 is 1.90 bits per heavy atom. The maximum Gasteiger partial charge on any atom is 0.416 e. The monoisotopic (exact) mass is 424 g/mol. The molecule has 1 aliphatic heterocycles. The van der Waals surface area contributed by atoms with Gasteiger partial charge in [0, 0.05) is 44.6 Å². The van der Waals surface area contributed by atoms with Crippen molar-refractivity contribution < 1.29 is 22.7 Å². The lowest BCUT2D eigenvalue weighted by atomic mass is 10.1. The highest BCUT2D eigenvalue weighted by Crippen LogP contribution is 2.31. The molecular weight excluding hydrogens is 397 g/mol. The summed E-state index contributed by atoms with van der Waals surface area (Å²) in [6.07, 6.45) is -3.54. The number of alkyl halides is 3. The van der Waals surface area contributed by atoms with E-state index in [4.69, 9.17) is 4.74 Å². The van der Waals surface area contributed by atoms with Crippen LogP contribution in [-0.4, -0.2) is 55.3 Å². The number of hydrogen-bond acceptors (Lipinski definition) is 4. The summed E-state index contributed by atoms with van der Waals surface area (Å²) in [6.45, 7) is 6.87. The van der Waals surface area contributed by atoms with E-state index >= 15 is 0 Å². The van der Waals surface area contributed by atoms with Gasteiger partial charge in [-0.2, -0.15) is 13.2 Å². The van der Waals surface area contributed by atoms with Gasteiger partial charge in [-0.1, -0.05) is 6.07 Å². The molecule has 6 nitrogen and oxygen atoms in total. The number of nitrogens with zero attached hydrogens (tertiary/aromatic N) is 2. The summed E-state index contributed by atoms with van der Waals surface area (Å²) in [7, 11) is 1.78. The summed E-state index contributed by atoms with van der Waals surface area (Å²) in [5.41, 5.74) is 0.517. The van der Waals surface area contributed by atoms with Gasteiger partial charge in [0.1, 0.15) is 5.82 Å². The number of carbonyl (C=O) groups excluding carboxylic acids is 1. The van der Waals surface area contributed by atoms with Crippen LogP contribution >= 0.6 is 0 Å². The van der Waals surface area contributed by atoms with Crippen molar-refractivity contribution in [2.45, 2.75) is 26.1 Å². The van der Waals surface area contributed by atoms with E-state index in [0.717, 1.165) is 69.5 Å². The van der Waals surface area contributed by atoms with E-state index in [2.05, 4.69) is 15.5 Å². The molecule has 0 saturated carbocycles. The quantitative estimate of drug-likeness (QED) is 0.709. The van der Waals surface area contributed by atoms with E-state index in [9.17, 15) is 18.0 Å². The van der Waals surface area contributed by atoms with Crippen LogP contribution in [0.2, 0.25) is 0 Å². The maximum atomic E-state index is 12.9. The molecule has 0 aliphatic carbocycles. The first-order valence-electron chi connectivity index (χ1n) is 9.96. The van der Waals surface area contributed by atoms with E-state index in [1.807, 2.05) is 11.5 Å². The maximum absolute atomic E-state index is 12.9. The Morgan fingerprint density at radius 1 is 1.17 bits per heavy atom. The molecule has 2 aromatic rings. The van der Waals surface area contributed by atoms with Crippen LogP contribution in [0.25, 0.3) is 0 Å². The first-order chi connectivity index (χ1) is 14.3. The molecule has 0 bridgehead atoms. The van der Waals surface area contributed by atoms with Crippen molar-refractivity contribution in [3.05, 3.63) is 47.2 Å². The molecular formula is C21H27F3N4O2. The van der Waals surface area contributed by atoms with Crippen molar-refractivity contribution in [1.29, 1.82) is 0 Å². The molecule has 0 radical (unpaired) electrons. The molecule has 1 aromatic heterocycles. The van der Waals surface area contributed by atoms with Crippen molar-refractivity contribution in [3.8, 4) is 0 Å². The van der Waals surface area contributed by atoms with Crippen molar-refractivity contribution >= 4 is 17.4 Å². The number of ether oxygens (including phenoxy) is 1. The summed E-state index contributed by atoms with van der Waals surface area (Å²) < 4.78 is 46.1. The second-order valence-electron chi connectivity index (χ2n) is 7.27. The van der Waals surface area contributed by atoms with Crippen LogP contribution in [0.3, 0.4) is 0 Å². The van der Waals surface area contributed by atoms with E-state index in [1.165, 1.54) is 12.1 Å². The molecule has 164 valence electrons. The number of aromatic nitrogens is 1. The Labute approximate surface area is 174 Å². The van der Waals surface area contributed by atoms with Gasteiger partial charge in [-0.05, 0) is 37.6 Å². The van der Waals surface area contributed by atoms with Gasteiger partial charge in [0.2, 0.25) is 0 Å². The summed E-state index contributed by atoms with van der Waals surface area (Å²) in [5.74, 6) is 0.360. The Bertz CT molecular complexity index is 874. The lowest BCUT2D eigenvalue weighted by Gasteiger charge is -2.26. The molecule has 0 atom stereocenters. The van der Waals surface area contributed by atoms with Gasteiger partial charge < -0.3 is 19.9 Å². The average Bonchev–Trinajstić information content (AvgIpc) is 3.04. The van der Waals surface area contributed by atoms with Crippen LogP contribution in [0.1, 0.15) is 28.0 Å². The number of nitrogens with one attached hydrogen (secondary N) is 2. The van der Waals surface area contributed by atoms with Gasteiger partial charge in [0.25, 0.3) is 5.91 Å². The number of rotatable bonds is 7. The minimum Gasteiger partial charge on any atom is -0.379 e. The smallest absolute Gasteiger partial charge is 0.379 e. The highest BCUT2D eigenvalue weighted by molar-refractivity contribution is 6.05. The zero-order valence-electron chi connectivity index (χ0n) is 17.2. The third-order valence-corrected chi connectivity index (χ3v) is 5.27. The molecule has 1 aromatic carbocycles. The topological polar surface area (TPSA) is 58.5 Å². The fourth-order valence-electron chi connectivity index (χ4n) is 3.62. The molecule has 0 spiro atoms. The van der Waals surface area contributed by atoms with E-state index < -0.39 is 17.6 Å². The summed E-state index contributed by atoms with van der Waals surface area (Å²) in [6, 6.07) is 6.37. The van der Waals surface area contributed by atoms with Gasteiger partial charge in [-0.25, -0.2) is 0 Å². The molecule has 0 unspecified atom stereocenters. The van der Waals surface area contributed by atoms with Gasteiger partial charge >= 0.3 is 6.18 Å². The normalized spacial score (nSPS) is 15.2. The zero-order chi connectivity index (χ0) is 21.7. The van der Waals surface area contributed by atoms with E-state index in [0.29, 0.717) is 5.56 Å². The van der Waals surface area contributed by atoms with Crippen LogP contribution in [0.15, 0.2) is 30.3 Å². The predicted octanol–water partition coefficient (Wildman–Crippen LogP) is 3.83. The molecule has 1 fully saturated rings. The van der Waals surface area contributed by atoms with Crippen molar-refractivity contribution in [3.63, 3.8) is 0 Å². The van der Waals surface area contributed by atoms with Crippen molar-refractivity contribution in [2.75, 3.05) is 50.5 Å². The van der Waals surface area contributed by atoms with Crippen molar-refractivity contribution in [2.24, 2.45) is 0 Å². The first-order valence-corrected chi connectivity index (χ1v) is 9.96. The van der Waals surface area contributed by atoms with Crippen LogP contribution in [-0.2, 0) is 17.5 Å². The van der Waals surface area contributed by atoms with E-state index in [-0.39, 0.29) is 5.69 Å². The van der Waals surface area contributed by atoms with Gasteiger partial charge in [0.15, 0.2) is 0 Å². The number of halogens is 3. The number of carbonyl (C=O) groups is 1. The van der Waals surface area contributed by atoms with Gasteiger partial charge in [0.05, 0.1) is 24.3 Å². The Kier molecular flexibility index (Phi) is 7.04. The summed E-state index contributed by atoms with van der Waals surface area (Å²) in [5, 5.41) is 5.68. The standard InChI is InChI=1S/C21H27F3N4O2/c1-15-18(20(29)26-17-6-3-5-16(13-17)21(22,23)24)14-19(25-2)28(15)8-4-7-27-9-11-30-12-10-27/h3,5-6,13-14,25H,4,7-12H2,1-2H3,(H,26,29). The zero-order valence-corrected chi connectivity index (χ0v) is 17.2. The van der Waals surface area contributed by atoms with Gasteiger partial charge in [-0.15, -0.1) is 0 Å². The SMILES string of the molecule is CNc1cc(C(=O)Nc2cccc(C(F)(F)F)c2)c(C)n1CCCN1CCOCC1. The van der Waals surface area contributed by atoms with Gasteiger partial charge in [-0.3, -0.25) is 9.69 Å². The number of morpholine rings is 1. The fourth-order valence-corrected chi connectivity index (χ4v) is 3.62. The van der Waals surface area contributed by atoms with Crippen LogP contribution < -0.4 is 10.6 Å². The molecule has 30 heavy (non-hydrogen) atoms. The number of anilines is 2. The molecule has 2 heterocycles. The molecule has 1 amide bonds. The fraction of sp³-hybridized carbons (Fsp3) is 0.476. The average molecular weight is 424 g/mol. The minimum atomic E-state index is -4.46. The third kappa shape index (κ3) is 5.34. The van der Waals surface area contributed by atoms with Crippen LogP contribution in [0, 0.1) is 6.92 Å². The second kappa shape index (κ2) is 9.53. The number of amides is 1. The predicted molar refractivity (Wildman–Crippen MR) is 110 cm³/mol. The van der Waals surface area contributed by atoms with E-state index in [1.54, 1.807) is 13.1 Å². The van der Waals surface area contributed by atoms with Crippen LogP contribution in [0.4, 0.5) is 24.7 Å². The second-order valence-corrected chi connectivity index (χ2v) is 7.27. The minimum absolute atomic E-state index is 0.111. The Balaban J connectivity index is 1.69. The Hall–Kier alpha value is -2.52. The first kappa shape index (κ1) is 22.2. The molecule has 1 saturated heterocycles. The number of benzene rings is 1. The lowest BCUT2D eigenvalue weighted by Crippen LogP contribution is -2.37. The Morgan fingerprint density at radius 3 is 2.57 bits per heavy atom. The lowest BCUT2D eigenvalue weighted by molar-refractivity contribution is -0.137. The third-order valence-electron chi connectivity index (χ3n) is 5.27. The van der Waals surface area contributed by atoms with Crippen LogP contribution in [0.5, 0.6) is 0 Å². The largest absolute Gasteiger partial charge is 0.416 e. The van der Waals surface area contributed by atoms with Crippen molar-refractivity contribution in [1.82, 2.24) is 9.47 Å². The highest BCUT2D eigenvalue weighted by atomic mass is 19.4. The number of hydrogen-bond donors (Lipinski definition) is 2.